The standard InChI is InChI=1S/C36H20F4N4Si/c1-42-36-29(38)21-19-26(35(36)40)31-15-9-17-33(44-31)45(23-10-4-2-5-11-23,24-12-6-3-7-13-24)32-16-8-14-30(43-32)25-18-20-28(37)27(22-41)34(25)39/h2-21H. The maximum absolute atomic E-state index is 15.4. The number of nitriles is 1. The molecule has 4 aromatic carbocycles. The summed E-state index contributed by atoms with van der Waals surface area (Å²) in [7, 11) is -3.47. The van der Waals surface area contributed by atoms with E-state index in [1.165, 1.54) is 12.1 Å². The third kappa shape index (κ3) is 4.95. The van der Waals surface area contributed by atoms with Gasteiger partial charge in [0.2, 0.25) is 8.07 Å². The van der Waals surface area contributed by atoms with Gasteiger partial charge in [-0.15, -0.1) is 0 Å². The molecule has 2 aromatic heterocycles. The molecular weight excluding hydrogens is 593 g/mol. The minimum atomic E-state index is -3.47. The molecule has 0 aliphatic rings. The van der Waals surface area contributed by atoms with E-state index < -0.39 is 42.6 Å². The molecule has 216 valence electrons. The summed E-state index contributed by atoms with van der Waals surface area (Å²) in [5, 5.41) is 12.2. The average molecular weight is 613 g/mol. The van der Waals surface area contributed by atoms with E-state index in [-0.39, 0.29) is 22.5 Å². The van der Waals surface area contributed by atoms with E-state index in [4.69, 9.17) is 16.5 Å². The number of nitrogens with zero attached hydrogens (tertiary/aromatic N) is 4. The van der Waals surface area contributed by atoms with E-state index in [2.05, 4.69) is 4.85 Å². The van der Waals surface area contributed by atoms with Gasteiger partial charge in [0.15, 0.2) is 5.82 Å². The Morgan fingerprint density at radius 3 is 1.56 bits per heavy atom. The van der Waals surface area contributed by atoms with Crippen LogP contribution in [0.25, 0.3) is 27.4 Å². The summed E-state index contributed by atoms with van der Waals surface area (Å²) >= 11 is 0. The maximum Gasteiger partial charge on any atom is 0.257 e. The topological polar surface area (TPSA) is 53.9 Å². The van der Waals surface area contributed by atoms with Crippen molar-refractivity contribution in [2.24, 2.45) is 0 Å². The Labute approximate surface area is 257 Å². The summed E-state index contributed by atoms with van der Waals surface area (Å²) in [6.07, 6.45) is 0. The summed E-state index contributed by atoms with van der Waals surface area (Å²) < 4.78 is 59.2. The third-order valence-corrected chi connectivity index (χ3v) is 12.1. The summed E-state index contributed by atoms with van der Waals surface area (Å²) in [6.45, 7) is 7.26. The molecule has 6 aromatic rings. The Kier molecular flexibility index (Phi) is 7.78. The van der Waals surface area contributed by atoms with Gasteiger partial charge in [0.25, 0.3) is 5.69 Å². The zero-order valence-corrected chi connectivity index (χ0v) is 24.3. The van der Waals surface area contributed by atoms with Gasteiger partial charge in [0, 0.05) is 21.8 Å². The van der Waals surface area contributed by atoms with Gasteiger partial charge in [-0.2, -0.15) is 5.26 Å². The summed E-state index contributed by atoms with van der Waals surface area (Å²) in [4.78, 5) is 12.9. The summed E-state index contributed by atoms with van der Waals surface area (Å²) in [5.74, 6) is -3.96. The van der Waals surface area contributed by atoms with Gasteiger partial charge in [-0.3, -0.25) is 9.97 Å². The fraction of sp³-hybridized carbons (Fsp3) is 0. The number of rotatable bonds is 6. The molecule has 4 nitrogen and oxygen atoms in total. The average Bonchev–Trinajstić information content (AvgIpc) is 3.07. The van der Waals surface area contributed by atoms with Crippen LogP contribution in [-0.2, 0) is 0 Å². The maximum atomic E-state index is 15.4. The zero-order valence-electron chi connectivity index (χ0n) is 23.3. The second-order valence-corrected chi connectivity index (χ2v) is 13.7. The van der Waals surface area contributed by atoms with Crippen LogP contribution in [0.4, 0.5) is 23.2 Å². The quantitative estimate of drug-likeness (QED) is 0.129. The van der Waals surface area contributed by atoms with Gasteiger partial charge in [-0.1, -0.05) is 72.8 Å². The third-order valence-electron chi connectivity index (χ3n) is 7.61. The smallest absolute Gasteiger partial charge is 0.256 e. The van der Waals surface area contributed by atoms with Gasteiger partial charge in [0.05, 0.1) is 18.0 Å². The van der Waals surface area contributed by atoms with Crippen molar-refractivity contribution in [1.29, 1.82) is 5.26 Å². The molecule has 2 heterocycles. The number of pyridine rings is 2. The van der Waals surface area contributed by atoms with E-state index in [0.717, 1.165) is 22.5 Å². The monoisotopic (exact) mass is 612 g/mol. The van der Waals surface area contributed by atoms with Gasteiger partial charge in [-0.25, -0.2) is 22.4 Å². The molecule has 0 spiro atoms. The van der Waals surface area contributed by atoms with Crippen molar-refractivity contribution in [2.45, 2.75) is 0 Å². The molecule has 0 N–H and O–H groups in total. The van der Waals surface area contributed by atoms with E-state index in [1.54, 1.807) is 30.3 Å². The molecule has 0 radical (unpaired) electrons. The van der Waals surface area contributed by atoms with Crippen molar-refractivity contribution in [3.63, 3.8) is 0 Å². The van der Waals surface area contributed by atoms with Gasteiger partial charge in [-0.05, 0) is 58.9 Å². The molecule has 0 aliphatic heterocycles. The lowest BCUT2D eigenvalue weighted by atomic mass is 10.1. The highest BCUT2D eigenvalue weighted by atomic mass is 28.3. The number of benzene rings is 4. The van der Waals surface area contributed by atoms with Crippen LogP contribution in [0.15, 0.2) is 121 Å². The van der Waals surface area contributed by atoms with Crippen LogP contribution in [0.2, 0.25) is 0 Å². The summed E-state index contributed by atoms with van der Waals surface area (Å²) in [5.41, 5.74) is -1.12. The molecule has 0 bridgehead atoms. The molecule has 9 heteroatoms. The molecule has 0 atom stereocenters. The van der Waals surface area contributed by atoms with E-state index >= 15 is 8.78 Å². The number of hydrogen-bond donors (Lipinski definition) is 0. The first-order valence-electron chi connectivity index (χ1n) is 13.7. The van der Waals surface area contributed by atoms with Crippen molar-refractivity contribution in [3.8, 4) is 28.6 Å². The highest BCUT2D eigenvalue weighted by molar-refractivity contribution is 7.19. The van der Waals surface area contributed by atoms with Crippen LogP contribution < -0.4 is 21.0 Å². The van der Waals surface area contributed by atoms with Gasteiger partial charge in [0.1, 0.15) is 29.1 Å². The lowest BCUT2D eigenvalue weighted by Gasteiger charge is -2.32. The largest absolute Gasteiger partial charge is 0.257 e. The second-order valence-electron chi connectivity index (χ2n) is 10.1. The molecule has 0 aliphatic carbocycles. The number of halogens is 4. The van der Waals surface area contributed by atoms with Crippen molar-refractivity contribution < 1.29 is 17.6 Å². The van der Waals surface area contributed by atoms with Crippen LogP contribution in [0.5, 0.6) is 0 Å². The van der Waals surface area contributed by atoms with Gasteiger partial charge < -0.3 is 0 Å². The van der Waals surface area contributed by atoms with Crippen LogP contribution in [-0.4, -0.2) is 18.0 Å². The minimum absolute atomic E-state index is 0.0348. The first-order chi connectivity index (χ1) is 21.9. The Bertz CT molecular complexity index is 1990. The number of hydrogen-bond acceptors (Lipinski definition) is 3. The second kappa shape index (κ2) is 12.0. The highest BCUT2D eigenvalue weighted by Crippen LogP contribution is 2.31. The van der Waals surface area contributed by atoms with Crippen molar-refractivity contribution >= 4 is 34.8 Å². The van der Waals surface area contributed by atoms with Crippen LogP contribution >= 0.6 is 0 Å². The molecule has 0 saturated heterocycles. The van der Waals surface area contributed by atoms with Crippen LogP contribution in [0, 0.1) is 41.2 Å². The number of aromatic nitrogens is 2. The predicted molar refractivity (Wildman–Crippen MR) is 167 cm³/mol. The lowest BCUT2D eigenvalue weighted by molar-refractivity contribution is 0.579. The van der Waals surface area contributed by atoms with E-state index in [9.17, 15) is 14.0 Å². The van der Waals surface area contributed by atoms with Crippen LogP contribution in [0.3, 0.4) is 0 Å². The van der Waals surface area contributed by atoms with Crippen molar-refractivity contribution in [2.75, 3.05) is 0 Å². The normalized spacial score (nSPS) is 11.1. The predicted octanol–water partition coefficient (Wildman–Crippen LogP) is 6.17. The Morgan fingerprint density at radius 1 is 0.578 bits per heavy atom. The van der Waals surface area contributed by atoms with Crippen molar-refractivity contribution in [1.82, 2.24) is 9.97 Å². The first-order valence-corrected chi connectivity index (χ1v) is 15.7. The van der Waals surface area contributed by atoms with Crippen LogP contribution in [0.1, 0.15) is 5.56 Å². The SMILES string of the molecule is [C-]#[N+]c1c(F)ccc(-c2cccc([Si](c3ccccc3)(c3ccccc3)c3cccc(-c4ccc(F)c(C#N)c4F)n3)n2)c1F. The van der Waals surface area contributed by atoms with Crippen molar-refractivity contribution in [3.05, 3.63) is 162 Å². The fourth-order valence-corrected chi connectivity index (χ4v) is 9.98. The molecule has 45 heavy (non-hydrogen) atoms. The molecule has 0 unspecified atom stereocenters. The Hall–Kier alpha value is -5.90. The zero-order chi connectivity index (χ0) is 31.6. The van der Waals surface area contributed by atoms with E-state index in [1.807, 2.05) is 72.8 Å². The fourth-order valence-electron chi connectivity index (χ4n) is 5.55. The first kappa shape index (κ1) is 29.2. The van der Waals surface area contributed by atoms with E-state index in [0.29, 0.717) is 10.6 Å². The Balaban J connectivity index is 1.68. The molecule has 6 rings (SSSR count). The summed E-state index contributed by atoms with van der Waals surface area (Å²) in [6, 6.07) is 35.5. The van der Waals surface area contributed by atoms with Gasteiger partial charge >= 0.3 is 0 Å². The Morgan fingerprint density at radius 2 is 1.07 bits per heavy atom. The molecule has 0 fully saturated rings. The minimum Gasteiger partial charge on any atom is -0.256 e. The molecule has 0 saturated carbocycles. The molecular formula is C36H20F4N4Si. The highest BCUT2D eigenvalue weighted by Gasteiger charge is 2.45. The molecule has 0 amide bonds. The lowest BCUT2D eigenvalue weighted by Crippen LogP contribution is -2.76.